The summed E-state index contributed by atoms with van der Waals surface area (Å²) < 4.78 is 24.0. The number of carbonyl (C=O) groups is 3. The van der Waals surface area contributed by atoms with Crippen molar-refractivity contribution in [2.45, 2.75) is 76.0 Å². The minimum absolute atomic E-state index is 0.0110. The average Bonchev–Trinajstić information content (AvgIpc) is 3.61. The Labute approximate surface area is 233 Å². The molecule has 2 amide bonds. The van der Waals surface area contributed by atoms with Gasteiger partial charge in [-0.3, -0.25) is 9.59 Å². The van der Waals surface area contributed by atoms with Gasteiger partial charge >= 0.3 is 5.97 Å². The number of aromatic carboxylic acids is 1. The van der Waals surface area contributed by atoms with Gasteiger partial charge in [0.25, 0.3) is 0 Å². The molecule has 2 aliphatic carbocycles. The lowest BCUT2D eigenvalue weighted by atomic mass is 9.75. The molecule has 2 aromatic rings. The predicted octanol–water partition coefficient (Wildman–Crippen LogP) is 4.60. The quantitative estimate of drug-likeness (QED) is 0.432. The van der Waals surface area contributed by atoms with E-state index < -0.39 is 24.7 Å². The topological polar surface area (TPSA) is 135 Å². The molecular weight excluding hydrogens is 517 g/mol. The fraction of sp³-hybridized carbons (Fsp3) is 0.633. The Balaban J connectivity index is 1.34. The summed E-state index contributed by atoms with van der Waals surface area (Å²) in [5.41, 5.74) is 6.88. The first-order valence-electron chi connectivity index (χ1n) is 14.5. The van der Waals surface area contributed by atoms with Gasteiger partial charge in [-0.05, 0) is 99.8 Å². The summed E-state index contributed by atoms with van der Waals surface area (Å²) >= 11 is 0. The number of hydrogen-bond acceptors (Lipinski definition) is 6. The third kappa shape index (κ3) is 5.88. The Morgan fingerprint density at radius 2 is 1.82 bits per heavy atom. The Bertz CT molecular complexity index is 1220. The van der Waals surface area contributed by atoms with Crippen molar-refractivity contribution in [2.24, 2.45) is 29.4 Å². The zero-order valence-corrected chi connectivity index (χ0v) is 23.0. The summed E-state index contributed by atoms with van der Waals surface area (Å²) in [6, 6.07) is 5.38. The second kappa shape index (κ2) is 12.3. The van der Waals surface area contributed by atoms with E-state index in [1.165, 1.54) is 6.07 Å². The van der Waals surface area contributed by atoms with Crippen molar-refractivity contribution in [1.29, 1.82) is 0 Å². The predicted molar refractivity (Wildman–Crippen MR) is 148 cm³/mol. The van der Waals surface area contributed by atoms with Crippen LogP contribution in [0.4, 0.5) is 10.1 Å². The van der Waals surface area contributed by atoms with Gasteiger partial charge in [0.15, 0.2) is 0 Å². The van der Waals surface area contributed by atoms with Gasteiger partial charge in [0.05, 0.1) is 6.10 Å². The van der Waals surface area contributed by atoms with Crippen LogP contribution in [-0.2, 0) is 14.3 Å². The number of nitrogens with zero attached hydrogens (tertiary/aromatic N) is 1. The molecule has 10 heteroatoms. The SMILES string of the molecule is COC1CCC([C@@H]2CCN(C(=O)C3CCC([C@H](N)CF)CC3)[C@@H]2C(=O)Nc2ccc3oc(C(=O)O)cc3c2)CC1. The highest BCUT2D eigenvalue weighted by atomic mass is 19.1. The molecule has 218 valence electrons. The van der Waals surface area contributed by atoms with Gasteiger partial charge in [0.2, 0.25) is 17.6 Å². The van der Waals surface area contributed by atoms with E-state index in [0.717, 1.165) is 44.9 Å². The van der Waals surface area contributed by atoms with Crippen LogP contribution >= 0.6 is 0 Å². The van der Waals surface area contributed by atoms with Crippen LogP contribution in [0.1, 0.15) is 68.3 Å². The van der Waals surface area contributed by atoms with Crippen LogP contribution < -0.4 is 11.1 Å². The fourth-order valence-electron chi connectivity index (χ4n) is 7.24. The van der Waals surface area contributed by atoms with Crippen LogP contribution in [0.5, 0.6) is 0 Å². The number of hydrogen-bond donors (Lipinski definition) is 3. The van der Waals surface area contributed by atoms with Crippen molar-refractivity contribution >= 4 is 34.4 Å². The minimum Gasteiger partial charge on any atom is -0.475 e. The van der Waals surface area contributed by atoms with Crippen LogP contribution in [0.3, 0.4) is 0 Å². The molecule has 5 rings (SSSR count). The molecule has 1 aliphatic heterocycles. The van der Waals surface area contributed by atoms with Gasteiger partial charge in [-0.15, -0.1) is 0 Å². The maximum absolute atomic E-state index is 13.9. The van der Waals surface area contributed by atoms with Crippen molar-refractivity contribution in [3.8, 4) is 0 Å². The second-order valence-electron chi connectivity index (χ2n) is 11.8. The molecule has 3 fully saturated rings. The summed E-state index contributed by atoms with van der Waals surface area (Å²) in [4.78, 5) is 40.8. The zero-order chi connectivity index (χ0) is 28.4. The number of furan rings is 1. The first-order valence-corrected chi connectivity index (χ1v) is 14.5. The van der Waals surface area contributed by atoms with E-state index in [-0.39, 0.29) is 41.4 Å². The van der Waals surface area contributed by atoms with Gasteiger partial charge in [-0.1, -0.05) is 0 Å². The lowest BCUT2D eigenvalue weighted by Gasteiger charge is -2.37. The molecule has 1 aromatic heterocycles. The number of nitrogens with two attached hydrogens (primary N) is 1. The zero-order valence-electron chi connectivity index (χ0n) is 23.0. The standard InChI is InChI=1S/C30H40FN3O6/c1-39-22-9-6-17(7-10-22)23-12-13-34(29(36)19-4-2-18(3-5-19)24(32)16-31)27(23)28(35)33-21-8-11-25-20(14-21)15-26(40-25)30(37)38/h8,11,14-15,17-19,22-24,27H,2-7,9-10,12-13,16,32H2,1H3,(H,33,35)(H,37,38)/t17?,18?,19?,22?,23-,24+,27-/m0/s1. The van der Waals surface area contributed by atoms with E-state index in [0.29, 0.717) is 42.0 Å². The maximum Gasteiger partial charge on any atom is 0.371 e. The monoisotopic (exact) mass is 557 g/mol. The summed E-state index contributed by atoms with van der Waals surface area (Å²) in [7, 11) is 1.74. The van der Waals surface area contributed by atoms with Crippen molar-refractivity contribution in [3.63, 3.8) is 0 Å². The molecule has 0 spiro atoms. The molecule has 9 nitrogen and oxygen atoms in total. The smallest absolute Gasteiger partial charge is 0.371 e. The molecular formula is C30H40FN3O6. The molecule has 0 radical (unpaired) electrons. The van der Waals surface area contributed by atoms with Crippen molar-refractivity contribution in [3.05, 3.63) is 30.0 Å². The number of benzene rings is 1. The third-order valence-electron chi connectivity index (χ3n) is 9.55. The molecule has 3 atom stereocenters. The van der Waals surface area contributed by atoms with Crippen LogP contribution in [0.2, 0.25) is 0 Å². The first-order chi connectivity index (χ1) is 19.3. The number of anilines is 1. The van der Waals surface area contributed by atoms with Crippen LogP contribution in [0, 0.1) is 23.7 Å². The Kier molecular flexibility index (Phi) is 8.75. The number of nitrogens with one attached hydrogen (secondary N) is 1. The summed E-state index contributed by atoms with van der Waals surface area (Å²) in [5.74, 6) is -1.25. The number of halogens is 1. The van der Waals surface area contributed by atoms with E-state index in [2.05, 4.69) is 5.32 Å². The molecule has 2 heterocycles. The second-order valence-corrected chi connectivity index (χ2v) is 11.8. The molecule has 0 bridgehead atoms. The lowest BCUT2D eigenvalue weighted by molar-refractivity contribution is -0.142. The number of methoxy groups -OCH3 is 1. The molecule has 3 aliphatic rings. The summed E-state index contributed by atoms with van der Waals surface area (Å²) in [6.45, 7) is -0.00860. The number of carboxylic acids is 1. The van der Waals surface area contributed by atoms with E-state index in [1.807, 2.05) is 0 Å². The third-order valence-corrected chi connectivity index (χ3v) is 9.55. The van der Waals surface area contributed by atoms with Gasteiger partial charge in [0, 0.05) is 36.7 Å². The number of carboxylic acid groups (broad SMARTS) is 1. The number of alkyl halides is 1. The molecule has 1 aromatic carbocycles. The summed E-state index contributed by atoms with van der Waals surface area (Å²) in [6.07, 6.45) is 7.59. The van der Waals surface area contributed by atoms with Gasteiger partial charge in [0.1, 0.15) is 18.3 Å². The number of fused-ring (bicyclic) bond motifs is 1. The normalized spacial score (nSPS) is 29.8. The summed E-state index contributed by atoms with van der Waals surface area (Å²) in [5, 5.41) is 12.8. The van der Waals surface area contributed by atoms with E-state index >= 15 is 0 Å². The maximum atomic E-state index is 13.9. The van der Waals surface area contributed by atoms with Gasteiger partial charge in [-0.25, -0.2) is 9.18 Å². The first kappa shape index (κ1) is 28.5. The van der Waals surface area contributed by atoms with Crippen molar-refractivity contribution < 1.29 is 33.0 Å². The van der Waals surface area contributed by atoms with Crippen molar-refractivity contribution in [2.75, 3.05) is 25.6 Å². The molecule has 2 saturated carbocycles. The Morgan fingerprint density at radius 3 is 2.48 bits per heavy atom. The average molecular weight is 558 g/mol. The van der Waals surface area contributed by atoms with E-state index in [1.54, 1.807) is 30.2 Å². The number of rotatable bonds is 8. The number of carbonyl (C=O) groups excluding carboxylic acids is 2. The molecule has 1 saturated heterocycles. The van der Waals surface area contributed by atoms with Crippen LogP contribution in [0.15, 0.2) is 28.7 Å². The largest absolute Gasteiger partial charge is 0.475 e. The van der Waals surface area contributed by atoms with Crippen LogP contribution in [-0.4, -0.2) is 66.3 Å². The van der Waals surface area contributed by atoms with E-state index in [4.69, 9.17) is 14.9 Å². The Hall–Kier alpha value is -2.98. The number of ether oxygens (including phenoxy) is 1. The van der Waals surface area contributed by atoms with E-state index in [9.17, 15) is 23.9 Å². The number of amides is 2. The van der Waals surface area contributed by atoms with Gasteiger partial charge in [-0.2, -0.15) is 0 Å². The van der Waals surface area contributed by atoms with Crippen LogP contribution in [0.25, 0.3) is 11.0 Å². The Morgan fingerprint density at radius 1 is 1.10 bits per heavy atom. The highest BCUT2D eigenvalue weighted by molar-refractivity contribution is 6.00. The highest BCUT2D eigenvalue weighted by Gasteiger charge is 2.47. The van der Waals surface area contributed by atoms with Crippen molar-refractivity contribution in [1.82, 2.24) is 4.90 Å². The molecule has 40 heavy (non-hydrogen) atoms. The molecule has 0 unspecified atom stereocenters. The fourth-order valence-corrected chi connectivity index (χ4v) is 7.24. The number of likely N-dealkylation sites (tertiary alicyclic amines) is 1. The lowest BCUT2D eigenvalue weighted by Crippen LogP contribution is -2.50. The minimum atomic E-state index is -1.16. The van der Waals surface area contributed by atoms with Gasteiger partial charge < -0.3 is 30.2 Å². The molecule has 4 N–H and O–H groups in total. The highest BCUT2D eigenvalue weighted by Crippen LogP contribution is 2.42.